The summed E-state index contributed by atoms with van der Waals surface area (Å²) >= 11 is 0. The first-order chi connectivity index (χ1) is 11.4. The minimum atomic E-state index is -3.55. The van der Waals surface area contributed by atoms with E-state index in [0.29, 0.717) is 18.4 Å². The highest BCUT2D eigenvalue weighted by Gasteiger charge is 2.31. The van der Waals surface area contributed by atoms with Gasteiger partial charge in [0.2, 0.25) is 0 Å². The van der Waals surface area contributed by atoms with Crippen molar-refractivity contribution < 1.29 is 17.4 Å². The quantitative estimate of drug-likeness (QED) is 0.781. The third-order valence-electron chi connectivity index (χ3n) is 4.36. The molecular weight excluding hydrogens is 324 g/mol. The molecule has 0 aliphatic heterocycles. The Hall–Kier alpha value is -2.14. The Bertz CT molecular complexity index is 867. The third-order valence-corrected chi connectivity index (χ3v) is 5.51. The number of Topliss-reactive ketones (excluding diaryl/α,β-unsaturated/α-hetero) is 1. The highest BCUT2D eigenvalue weighted by Crippen LogP contribution is 2.32. The molecule has 24 heavy (non-hydrogen) atoms. The molecule has 1 atom stereocenters. The van der Waals surface area contributed by atoms with Crippen molar-refractivity contribution in [1.82, 2.24) is 0 Å². The van der Waals surface area contributed by atoms with Crippen LogP contribution in [0.2, 0.25) is 0 Å². The molecule has 2 aromatic carbocycles. The molecule has 0 aromatic heterocycles. The standard InChI is InChI=1S/C19H20O4S/c1-3-24(21,22)23-17-8-9-18-15(12-17)11-16(19(18)20)10-14-6-4-13(2)5-7-14/h4-9,12,16H,3,10-11H2,1-2H3. The number of carbonyl (C=O) groups excluding carboxylic acids is 1. The number of hydrogen-bond donors (Lipinski definition) is 0. The number of ketones is 1. The molecule has 0 bridgehead atoms. The molecule has 0 saturated carbocycles. The van der Waals surface area contributed by atoms with Gasteiger partial charge in [0.25, 0.3) is 0 Å². The van der Waals surface area contributed by atoms with E-state index >= 15 is 0 Å². The molecule has 0 saturated heterocycles. The first kappa shape index (κ1) is 16.7. The lowest BCUT2D eigenvalue weighted by Gasteiger charge is -2.08. The summed E-state index contributed by atoms with van der Waals surface area (Å²) < 4.78 is 28.2. The maximum Gasteiger partial charge on any atom is 0.308 e. The molecule has 0 fully saturated rings. The van der Waals surface area contributed by atoms with Crippen molar-refractivity contribution in [2.24, 2.45) is 5.92 Å². The maximum absolute atomic E-state index is 12.6. The molecule has 0 N–H and O–H groups in total. The van der Waals surface area contributed by atoms with Gasteiger partial charge >= 0.3 is 10.1 Å². The largest absolute Gasteiger partial charge is 0.382 e. The summed E-state index contributed by atoms with van der Waals surface area (Å²) in [6.07, 6.45) is 1.31. The molecule has 0 amide bonds. The minimum Gasteiger partial charge on any atom is -0.382 e. The Morgan fingerprint density at radius 3 is 2.50 bits per heavy atom. The van der Waals surface area contributed by atoms with E-state index in [2.05, 4.69) is 0 Å². The lowest BCUT2D eigenvalue weighted by Crippen LogP contribution is -2.12. The van der Waals surface area contributed by atoms with Crippen molar-refractivity contribution >= 4 is 15.9 Å². The summed E-state index contributed by atoms with van der Waals surface area (Å²) in [4.78, 5) is 12.6. The fraction of sp³-hybridized carbons (Fsp3) is 0.316. The average Bonchev–Trinajstić information content (AvgIpc) is 2.85. The van der Waals surface area contributed by atoms with E-state index in [4.69, 9.17) is 4.18 Å². The van der Waals surface area contributed by atoms with Crippen molar-refractivity contribution in [3.8, 4) is 5.75 Å². The van der Waals surface area contributed by atoms with Gasteiger partial charge < -0.3 is 4.18 Å². The average molecular weight is 344 g/mol. The normalized spacial score (nSPS) is 16.9. The molecule has 126 valence electrons. The van der Waals surface area contributed by atoms with Crippen molar-refractivity contribution in [3.05, 3.63) is 64.7 Å². The van der Waals surface area contributed by atoms with E-state index in [1.807, 2.05) is 31.2 Å². The predicted molar refractivity (Wildman–Crippen MR) is 92.9 cm³/mol. The van der Waals surface area contributed by atoms with E-state index in [-0.39, 0.29) is 23.2 Å². The Kier molecular flexibility index (Phi) is 4.45. The van der Waals surface area contributed by atoms with Crippen LogP contribution in [-0.2, 0) is 23.0 Å². The molecule has 2 aromatic rings. The lowest BCUT2D eigenvalue weighted by molar-refractivity contribution is 0.0936. The van der Waals surface area contributed by atoms with Crippen LogP contribution in [0, 0.1) is 12.8 Å². The number of rotatable bonds is 5. The Morgan fingerprint density at radius 1 is 1.12 bits per heavy atom. The van der Waals surface area contributed by atoms with Crippen LogP contribution < -0.4 is 4.18 Å². The van der Waals surface area contributed by atoms with E-state index in [9.17, 15) is 13.2 Å². The van der Waals surface area contributed by atoms with Gasteiger partial charge in [-0.3, -0.25) is 4.79 Å². The van der Waals surface area contributed by atoms with E-state index in [1.165, 1.54) is 12.5 Å². The second-order valence-electron chi connectivity index (χ2n) is 6.20. The second kappa shape index (κ2) is 6.40. The van der Waals surface area contributed by atoms with Gasteiger partial charge in [0.15, 0.2) is 5.78 Å². The number of fused-ring (bicyclic) bond motifs is 1. The van der Waals surface area contributed by atoms with E-state index < -0.39 is 10.1 Å². The highest BCUT2D eigenvalue weighted by atomic mass is 32.2. The summed E-state index contributed by atoms with van der Waals surface area (Å²) in [6.45, 7) is 3.57. The zero-order valence-corrected chi connectivity index (χ0v) is 14.6. The second-order valence-corrected chi connectivity index (χ2v) is 8.06. The van der Waals surface area contributed by atoms with Gasteiger partial charge in [-0.15, -0.1) is 0 Å². The Labute approximate surface area is 142 Å². The number of carbonyl (C=O) groups is 1. The smallest absolute Gasteiger partial charge is 0.308 e. The van der Waals surface area contributed by atoms with Crippen molar-refractivity contribution in [3.63, 3.8) is 0 Å². The molecule has 4 nitrogen and oxygen atoms in total. The monoisotopic (exact) mass is 344 g/mol. The third kappa shape index (κ3) is 3.51. The number of aryl methyl sites for hydroxylation is 1. The molecule has 0 radical (unpaired) electrons. The summed E-state index contributed by atoms with van der Waals surface area (Å²) in [5.74, 6) is 0.217. The summed E-state index contributed by atoms with van der Waals surface area (Å²) in [7, 11) is -3.55. The van der Waals surface area contributed by atoms with Gasteiger partial charge in [-0.05, 0) is 56.0 Å². The topological polar surface area (TPSA) is 60.4 Å². The zero-order valence-electron chi connectivity index (χ0n) is 13.8. The van der Waals surface area contributed by atoms with Gasteiger partial charge in [-0.1, -0.05) is 29.8 Å². The Balaban J connectivity index is 1.78. The minimum absolute atomic E-state index is 0.0843. The van der Waals surface area contributed by atoms with E-state index in [1.54, 1.807) is 18.2 Å². The van der Waals surface area contributed by atoms with Crippen LogP contribution in [0.15, 0.2) is 42.5 Å². The number of benzene rings is 2. The van der Waals surface area contributed by atoms with Crippen LogP contribution in [-0.4, -0.2) is 20.0 Å². The molecule has 1 aliphatic rings. The van der Waals surface area contributed by atoms with Gasteiger partial charge in [0.05, 0.1) is 5.75 Å². The van der Waals surface area contributed by atoms with Crippen LogP contribution in [0.1, 0.15) is 34.0 Å². The van der Waals surface area contributed by atoms with Crippen LogP contribution in [0.4, 0.5) is 0 Å². The first-order valence-electron chi connectivity index (χ1n) is 8.03. The molecule has 1 aliphatic carbocycles. The van der Waals surface area contributed by atoms with Gasteiger partial charge in [0, 0.05) is 11.5 Å². The van der Waals surface area contributed by atoms with Crippen molar-refractivity contribution in [2.45, 2.75) is 26.7 Å². The van der Waals surface area contributed by atoms with Crippen LogP contribution in [0.25, 0.3) is 0 Å². The highest BCUT2D eigenvalue weighted by molar-refractivity contribution is 7.87. The first-order valence-corrected chi connectivity index (χ1v) is 9.60. The molecule has 3 rings (SSSR count). The van der Waals surface area contributed by atoms with Crippen LogP contribution in [0.5, 0.6) is 5.75 Å². The summed E-state index contributed by atoms with van der Waals surface area (Å²) in [5.41, 5.74) is 3.87. The Morgan fingerprint density at radius 2 is 1.83 bits per heavy atom. The fourth-order valence-corrected chi connectivity index (χ4v) is 3.50. The maximum atomic E-state index is 12.6. The summed E-state index contributed by atoms with van der Waals surface area (Å²) in [6, 6.07) is 13.1. The molecular formula is C19H20O4S. The van der Waals surface area contributed by atoms with Crippen LogP contribution in [0.3, 0.4) is 0 Å². The van der Waals surface area contributed by atoms with Crippen molar-refractivity contribution in [2.75, 3.05) is 5.75 Å². The zero-order chi connectivity index (χ0) is 17.3. The SMILES string of the molecule is CCS(=O)(=O)Oc1ccc2c(c1)CC(Cc1ccc(C)cc1)C2=O. The molecule has 1 unspecified atom stereocenters. The predicted octanol–water partition coefficient (Wildman–Crippen LogP) is 3.32. The molecule has 0 heterocycles. The van der Waals surface area contributed by atoms with Gasteiger partial charge in [0.1, 0.15) is 5.75 Å². The molecule has 5 heteroatoms. The van der Waals surface area contributed by atoms with Crippen molar-refractivity contribution in [1.29, 1.82) is 0 Å². The van der Waals surface area contributed by atoms with Gasteiger partial charge in [-0.2, -0.15) is 8.42 Å². The summed E-state index contributed by atoms with van der Waals surface area (Å²) in [5, 5.41) is 0. The fourth-order valence-electron chi connectivity index (χ4n) is 2.99. The number of hydrogen-bond acceptors (Lipinski definition) is 4. The van der Waals surface area contributed by atoms with E-state index in [0.717, 1.165) is 11.1 Å². The molecule has 0 spiro atoms. The van der Waals surface area contributed by atoms with Gasteiger partial charge in [-0.25, -0.2) is 0 Å². The lowest BCUT2D eigenvalue weighted by atomic mass is 9.95. The van der Waals surface area contributed by atoms with Crippen LogP contribution >= 0.6 is 0 Å².